The summed E-state index contributed by atoms with van der Waals surface area (Å²) in [5.74, 6) is 0. The number of hydrogen-bond acceptors (Lipinski definition) is 3. The highest BCUT2D eigenvalue weighted by atomic mass is 14.9. The lowest BCUT2D eigenvalue weighted by Gasteiger charge is -2.20. The van der Waals surface area contributed by atoms with Gasteiger partial charge in [-0.05, 0) is 48.4 Å². The molecule has 0 bridgehead atoms. The Balaban J connectivity index is 2.09. The number of fused-ring (bicyclic) bond motifs is 1. The molecule has 0 aliphatic carbocycles. The monoisotopic (exact) mass is 277 g/mol. The highest BCUT2D eigenvalue weighted by Crippen LogP contribution is 2.25. The minimum atomic E-state index is 0.126. The van der Waals surface area contributed by atoms with Crippen LogP contribution in [0.5, 0.6) is 0 Å². The van der Waals surface area contributed by atoms with Gasteiger partial charge in [-0.25, -0.2) is 0 Å². The number of hydrogen-bond donors (Lipinski definition) is 1. The Morgan fingerprint density at radius 2 is 2.00 bits per heavy atom. The molecule has 0 amide bonds. The van der Waals surface area contributed by atoms with Crippen LogP contribution < -0.4 is 5.32 Å². The molecule has 2 heterocycles. The van der Waals surface area contributed by atoms with Gasteiger partial charge in [0.15, 0.2) is 0 Å². The standard InChI is InChI=1S/C18H19N3/c1-3-20-18(16-12-19-9-8-13(16)2)15-10-14-6-4-5-7-17(14)21-11-15/h4-12,18,20H,3H2,1-2H3. The molecule has 1 N–H and O–H groups in total. The van der Waals surface area contributed by atoms with Crippen molar-refractivity contribution in [1.29, 1.82) is 0 Å². The van der Waals surface area contributed by atoms with Crippen LogP contribution in [0.1, 0.15) is 29.7 Å². The van der Waals surface area contributed by atoms with E-state index in [1.165, 1.54) is 22.1 Å². The van der Waals surface area contributed by atoms with Crippen LogP contribution in [0.3, 0.4) is 0 Å². The molecule has 0 saturated heterocycles. The molecule has 0 radical (unpaired) electrons. The fourth-order valence-corrected chi connectivity index (χ4v) is 2.64. The lowest BCUT2D eigenvalue weighted by molar-refractivity contribution is 0.624. The van der Waals surface area contributed by atoms with Gasteiger partial charge >= 0.3 is 0 Å². The van der Waals surface area contributed by atoms with E-state index < -0.39 is 0 Å². The molecule has 1 aromatic carbocycles. The molecule has 3 heteroatoms. The second kappa shape index (κ2) is 6.02. The van der Waals surface area contributed by atoms with Gasteiger partial charge in [0.25, 0.3) is 0 Å². The lowest BCUT2D eigenvalue weighted by atomic mass is 9.97. The van der Waals surface area contributed by atoms with Gasteiger partial charge < -0.3 is 5.32 Å². The fourth-order valence-electron chi connectivity index (χ4n) is 2.64. The largest absolute Gasteiger partial charge is 0.306 e. The minimum absolute atomic E-state index is 0.126. The Labute approximate surface area is 125 Å². The minimum Gasteiger partial charge on any atom is -0.306 e. The molecule has 21 heavy (non-hydrogen) atoms. The first kappa shape index (κ1) is 13.7. The first-order valence-electron chi connectivity index (χ1n) is 7.28. The molecule has 3 nitrogen and oxygen atoms in total. The maximum absolute atomic E-state index is 4.58. The second-order valence-electron chi connectivity index (χ2n) is 5.18. The van der Waals surface area contributed by atoms with E-state index in [4.69, 9.17) is 0 Å². The zero-order chi connectivity index (χ0) is 14.7. The summed E-state index contributed by atoms with van der Waals surface area (Å²) in [4.78, 5) is 8.86. The van der Waals surface area contributed by atoms with Crippen molar-refractivity contribution in [2.75, 3.05) is 6.54 Å². The van der Waals surface area contributed by atoms with Crippen molar-refractivity contribution in [1.82, 2.24) is 15.3 Å². The molecule has 0 aliphatic rings. The summed E-state index contributed by atoms with van der Waals surface area (Å²) in [5.41, 5.74) is 4.64. The third-order valence-corrected chi connectivity index (χ3v) is 3.74. The van der Waals surface area contributed by atoms with Crippen LogP contribution in [0.2, 0.25) is 0 Å². The van der Waals surface area contributed by atoms with Gasteiger partial charge in [0.1, 0.15) is 0 Å². The van der Waals surface area contributed by atoms with Crippen molar-refractivity contribution < 1.29 is 0 Å². The third kappa shape index (κ3) is 2.78. The smallest absolute Gasteiger partial charge is 0.0702 e. The van der Waals surface area contributed by atoms with Crippen LogP contribution in [0.4, 0.5) is 0 Å². The summed E-state index contributed by atoms with van der Waals surface area (Å²) in [6.45, 7) is 5.13. The van der Waals surface area contributed by atoms with Crippen LogP contribution in [0, 0.1) is 6.92 Å². The lowest BCUT2D eigenvalue weighted by Crippen LogP contribution is -2.23. The van der Waals surface area contributed by atoms with E-state index in [1.54, 1.807) is 0 Å². The number of nitrogens with one attached hydrogen (secondary N) is 1. The number of benzene rings is 1. The van der Waals surface area contributed by atoms with E-state index in [1.807, 2.05) is 42.9 Å². The molecule has 0 saturated carbocycles. The molecule has 1 atom stereocenters. The zero-order valence-electron chi connectivity index (χ0n) is 12.4. The quantitative estimate of drug-likeness (QED) is 0.791. The summed E-state index contributed by atoms with van der Waals surface area (Å²) in [5, 5.41) is 4.71. The average Bonchev–Trinajstić information content (AvgIpc) is 2.53. The summed E-state index contributed by atoms with van der Waals surface area (Å²) >= 11 is 0. The van der Waals surface area contributed by atoms with Crippen LogP contribution in [-0.4, -0.2) is 16.5 Å². The molecule has 0 fully saturated rings. The molecule has 0 aliphatic heterocycles. The van der Waals surface area contributed by atoms with Gasteiger partial charge in [-0.1, -0.05) is 25.1 Å². The van der Waals surface area contributed by atoms with Gasteiger partial charge in [0, 0.05) is 24.0 Å². The van der Waals surface area contributed by atoms with Crippen molar-refractivity contribution in [3.05, 3.63) is 71.7 Å². The topological polar surface area (TPSA) is 37.8 Å². The SMILES string of the molecule is CCNC(c1cnc2ccccc2c1)c1cnccc1C. The van der Waals surface area contributed by atoms with Gasteiger partial charge in [0.05, 0.1) is 11.6 Å². The summed E-state index contributed by atoms with van der Waals surface area (Å²) in [6.07, 6.45) is 5.74. The molecule has 2 aromatic heterocycles. The Bertz CT molecular complexity index is 752. The molecule has 106 valence electrons. The first-order chi connectivity index (χ1) is 10.3. The van der Waals surface area contributed by atoms with Crippen LogP contribution in [0.25, 0.3) is 10.9 Å². The third-order valence-electron chi connectivity index (χ3n) is 3.74. The van der Waals surface area contributed by atoms with Gasteiger partial charge in [-0.15, -0.1) is 0 Å². The van der Waals surface area contributed by atoms with Gasteiger partial charge in [-0.3, -0.25) is 9.97 Å². The highest BCUT2D eigenvalue weighted by molar-refractivity contribution is 5.79. The second-order valence-corrected chi connectivity index (χ2v) is 5.18. The van der Waals surface area contributed by atoms with Crippen LogP contribution >= 0.6 is 0 Å². The van der Waals surface area contributed by atoms with E-state index in [9.17, 15) is 0 Å². The zero-order valence-corrected chi connectivity index (χ0v) is 12.4. The van der Waals surface area contributed by atoms with E-state index in [-0.39, 0.29) is 6.04 Å². The molecule has 3 rings (SSSR count). The number of aromatic nitrogens is 2. The van der Waals surface area contributed by atoms with E-state index in [0.717, 1.165) is 12.1 Å². The van der Waals surface area contributed by atoms with Crippen molar-refractivity contribution >= 4 is 10.9 Å². The van der Waals surface area contributed by atoms with E-state index in [2.05, 4.69) is 41.3 Å². The number of aryl methyl sites for hydroxylation is 1. The number of nitrogens with zero attached hydrogens (tertiary/aromatic N) is 2. The van der Waals surface area contributed by atoms with E-state index >= 15 is 0 Å². The van der Waals surface area contributed by atoms with E-state index in [0.29, 0.717) is 0 Å². The Morgan fingerprint density at radius 3 is 2.81 bits per heavy atom. The summed E-state index contributed by atoms with van der Waals surface area (Å²) in [6, 6.07) is 12.6. The van der Waals surface area contributed by atoms with Crippen molar-refractivity contribution in [2.24, 2.45) is 0 Å². The predicted octanol–water partition coefficient (Wildman–Crippen LogP) is 3.64. The molecular formula is C18H19N3. The first-order valence-corrected chi connectivity index (χ1v) is 7.28. The molecule has 3 aromatic rings. The molecular weight excluding hydrogens is 258 g/mol. The fraction of sp³-hybridized carbons (Fsp3) is 0.222. The highest BCUT2D eigenvalue weighted by Gasteiger charge is 2.16. The Kier molecular flexibility index (Phi) is 3.93. The molecule has 0 spiro atoms. The maximum atomic E-state index is 4.58. The van der Waals surface area contributed by atoms with Crippen molar-refractivity contribution in [3.8, 4) is 0 Å². The van der Waals surface area contributed by atoms with Gasteiger partial charge in [0.2, 0.25) is 0 Å². The summed E-state index contributed by atoms with van der Waals surface area (Å²) in [7, 11) is 0. The normalized spacial score (nSPS) is 12.5. The number of rotatable bonds is 4. The average molecular weight is 277 g/mol. The number of para-hydroxylation sites is 1. The van der Waals surface area contributed by atoms with Gasteiger partial charge in [-0.2, -0.15) is 0 Å². The van der Waals surface area contributed by atoms with Crippen molar-refractivity contribution in [2.45, 2.75) is 19.9 Å². The van der Waals surface area contributed by atoms with Crippen LogP contribution in [0.15, 0.2) is 55.0 Å². The summed E-state index contributed by atoms with van der Waals surface area (Å²) < 4.78 is 0. The Morgan fingerprint density at radius 1 is 1.14 bits per heavy atom. The maximum Gasteiger partial charge on any atom is 0.0702 e. The van der Waals surface area contributed by atoms with Crippen molar-refractivity contribution in [3.63, 3.8) is 0 Å². The number of pyridine rings is 2. The molecule has 1 unspecified atom stereocenters. The predicted molar refractivity (Wildman–Crippen MR) is 86.2 cm³/mol. The Hall–Kier alpha value is -2.26. The van der Waals surface area contributed by atoms with Crippen LogP contribution in [-0.2, 0) is 0 Å².